The molecule has 0 saturated heterocycles. The summed E-state index contributed by atoms with van der Waals surface area (Å²) in [7, 11) is 0. The van der Waals surface area contributed by atoms with Crippen molar-refractivity contribution in [2.75, 3.05) is 0 Å². The van der Waals surface area contributed by atoms with Crippen molar-refractivity contribution < 1.29 is 14.4 Å². The molecule has 6 heteroatoms. The van der Waals surface area contributed by atoms with Gasteiger partial charge in [0.25, 0.3) is 0 Å². The van der Waals surface area contributed by atoms with Crippen molar-refractivity contribution in [1.82, 2.24) is 15.5 Å². The van der Waals surface area contributed by atoms with Gasteiger partial charge in [0.2, 0.25) is 5.89 Å². The summed E-state index contributed by atoms with van der Waals surface area (Å²) in [6, 6.07) is 7.00. The van der Waals surface area contributed by atoms with Crippen molar-refractivity contribution in [1.29, 1.82) is 0 Å². The third-order valence-corrected chi connectivity index (χ3v) is 4.47. The van der Waals surface area contributed by atoms with Crippen LogP contribution in [-0.4, -0.2) is 21.2 Å². The maximum Gasteiger partial charge on any atom is 0.335 e. The van der Waals surface area contributed by atoms with Crippen molar-refractivity contribution >= 4 is 5.97 Å². The lowest BCUT2D eigenvalue weighted by molar-refractivity contribution is 0.0696. The van der Waals surface area contributed by atoms with E-state index in [-0.39, 0.29) is 5.54 Å². The summed E-state index contributed by atoms with van der Waals surface area (Å²) in [4.78, 5) is 15.5. The molecule has 0 aliphatic heterocycles. The van der Waals surface area contributed by atoms with Gasteiger partial charge < -0.3 is 14.9 Å². The molecule has 2 N–H and O–H groups in total. The van der Waals surface area contributed by atoms with Gasteiger partial charge in [0.1, 0.15) is 0 Å². The van der Waals surface area contributed by atoms with Gasteiger partial charge in [-0.3, -0.25) is 0 Å². The van der Waals surface area contributed by atoms with Crippen LogP contribution in [0.15, 0.2) is 28.8 Å². The fourth-order valence-corrected chi connectivity index (χ4v) is 3.21. The van der Waals surface area contributed by atoms with Crippen LogP contribution in [0.4, 0.5) is 0 Å². The second-order valence-electron chi connectivity index (χ2n) is 6.14. The van der Waals surface area contributed by atoms with Gasteiger partial charge in [-0.1, -0.05) is 36.6 Å². The number of hydrogen-bond donors (Lipinski definition) is 2. The molecule has 0 atom stereocenters. The molecule has 1 heterocycles. The van der Waals surface area contributed by atoms with Crippen molar-refractivity contribution in [2.24, 2.45) is 0 Å². The standard InChI is InChI=1S/C17H21N3O3/c1-12-19-16(20-23-12)17(8-3-2-4-9-17)18-11-13-6-5-7-14(10-13)15(21)22/h5-7,10,18H,2-4,8-9,11H2,1H3,(H,21,22). The number of aromatic nitrogens is 2. The zero-order valence-corrected chi connectivity index (χ0v) is 13.2. The first kappa shape index (κ1) is 15.7. The predicted octanol–water partition coefficient (Wildman–Crippen LogP) is 3.03. The van der Waals surface area contributed by atoms with Crippen molar-refractivity contribution in [3.05, 3.63) is 47.1 Å². The molecule has 0 radical (unpaired) electrons. The number of rotatable bonds is 5. The lowest BCUT2D eigenvalue weighted by Gasteiger charge is -2.35. The highest BCUT2D eigenvalue weighted by molar-refractivity contribution is 5.87. The molecule has 0 unspecified atom stereocenters. The Labute approximate surface area is 134 Å². The molecular formula is C17H21N3O3. The van der Waals surface area contributed by atoms with Gasteiger partial charge in [-0.2, -0.15) is 4.98 Å². The molecule has 1 aromatic carbocycles. The Balaban J connectivity index is 1.79. The zero-order valence-electron chi connectivity index (χ0n) is 13.2. The molecule has 1 aromatic heterocycles. The smallest absolute Gasteiger partial charge is 0.335 e. The van der Waals surface area contributed by atoms with Crippen LogP contribution < -0.4 is 5.32 Å². The van der Waals surface area contributed by atoms with Gasteiger partial charge in [0, 0.05) is 13.5 Å². The summed E-state index contributed by atoms with van der Waals surface area (Å²) in [5, 5.41) is 16.8. The third kappa shape index (κ3) is 3.42. The first-order valence-electron chi connectivity index (χ1n) is 7.97. The average molecular weight is 315 g/mol. The van der Waals surface area contributed by atoms with Gasteiger partial charge in [-0.15, -0.1) is 0 Å². The van der Waals surface area contributed by atoms with Crippen molar-refractivity contribution in [2.45, 2.75) is 51.1 Å². The first-order chi connectivity index (χ1) is 11.1. The summed E-state index contributed by atoms with van der Waals surface area (Å²) in [5.74, 6) is 0.372. The second kappa shape index (κ2) is 6.50. The number of aryl methyl sites for hydroxylation is 1. The number of carboxylic acids is 1. The normalized spacial score (nSPS) is 17.1. The second-order valence-corrected chi connectivity index (χ2v) is 6.14. The Morgan fingerprint density at radius 1 is 1.35 bits per heavy atom. The number of carboxylic acid groups (broad SMARTS) is 1. The van der Waals surface area contributed by atoms with Crippen molar-refractivity contribution in [3.8, 4) is 0 Å². The summed E-state index contributed by atoms with van der Waals surface area (Å²) in [6.07, 6.45) is 5.38. The minimum Gasteiger partial charge on any atom is -0.478 e. The summed E-state index contributed by atoms with van der Waals surface area (Å²) < 4.78 is 5.17. The molecule has 0 amide bonds. The Bertz CT molecular complexity index is 690. The minimum atomic E-state index is -0.909. The van der Waals surface area contributed by atoms with E-state index in [1.54, 1.807) is 25.1 Å². The van der Waals surface area contributed by atoms with Gasteiger partial charge in [-0.05, 0) is 30.5 Å². The van der Waals surface area contributed by atoms with Crippen LogP contribution in [0.5, 0.6) is 0 Å². The van der Waals surface area contributed by atoms with Crippen LogP contribution in [0.25, 0.3) is 0 Å². The van der Waals surface area contributed by atoms with Crippen LogP contribution in [0, 0.1) is 6.92 Å². The molecule has 6 nitrogen and oxygen atoms in total. The molecule has 122 valence electrons. The van der Waals surface area contributed by atoms with E-state index in [9.17, 15) is 4.79 Å². The molecule has 2 aromatic rings. The first-order valence-corrected chi connectivity index (χ1v) is 7.97. The lowest BCUT2D eigenvalue weighted by Crippen LogP contribution is -2.44. The average Bonchev–Trinajstić information content (AvgIpc) is 3.01. The topological polar surface area (TPSA) is 88.2 Å². The van der Waals surface area contributed by atoms with E-state index in [1.165, 1.54) is 6.42 Å². The van der Waals surface area contributed by atoms with Gasteiger partial charge in [0.15, 0.2) is 5.82 Å². The highest BCUT2D eigenvalue weighted by Crippen LogP contribution is 2.35. The molecule has 1 fully saturated rings. The zero-order chi connectivity index (χ0) is 16.3. The predicted molar refractivity (Wildman–Crippen MR) is 84.0 cm³/mol. The minimum absolute atomic E-state index is 0.283. The van der Waals surface area contributed by atoms with E-state index in [4.69, 9.17) is 9.63 Å². The van der Waals surface area contributed by atoms with E-state index in [0.29, 0.717) is 23.8 Å². The maximum atomic E-state index is 11.1. The van der Waals surface area contributed by atoms with Gasteiger partial charge in [-0.25, -0.2) is 4.79 Å². The summed E-state index contributed by atoms with van der Waals surface area (Å²) >= 11 is 0. The number of benzene rings is 1. The Kier molecular flexibility index (Phi) is 4.43. The van der Waals surface area contributed by atoms with Crippen LogP contribution in [0.1, 0.15) is 59.7 Å². The van der Waals surface area contributed by atoms with E-state index in [0.717, 1.165) is 31.2 Å². The molecule has 1 aliphatic carbocycles. The molecule has 23 heavy (non-hydrogen) atoms. The number of nitrogens with zero attached hydrogens (tertiary/aromatic N) is 2. The molecular weight excluding hydrogens is 294 g/mol. The Hall–Kier alpha value is -2.21. The molecule has 0 bridgehead atoms. The highest BCUT2D eigenvalue weighted by atomic mass is 16.5. The van der Waals surface area contributed by atoms with Crippen LogP contribution >= 0.6 is 0 Å². The lowest BCUT2D eigenvalue weighted by atomic mass is 9.81. The fraction of sp³-hybridized carbons (Fsp3) is 0.471. The summed E-state index contributed by atoms with van der Waals surface area (Å²) in [6.45, 7) is 2.37. The van der Waals surface area contributed by atoms with Crippen LogP contribution in [0.3, 0.4) is 0 Å². The largest absolute Gasteiger partial charge is 0.478 e. The fourth-order valence-electron chi connectivity index (χ4n) is 3.21. The quantitative estimate of drug-likeness (QED) is 0.881. The van der Waals surface area contributed by atoms with E-state index >= 15 is 0 Å². The number of carbonyl (C=O) groups is 1. The van der Waals surface area contributed by atoms with E-state index in [1.807, 2.05) is 6.07 Å². The summed E-state index contributed by atoms with van der Waals surface area (Å²) in [5.41, 5.74) is 0.961. The SMILES string of the molecule is Cc1nc(C2(NCc3cccc(C(=O)O)c3)CCCCC2)no1. The molecule has 3 rings (SSSR count). The Morgan fingerprint density at radius 2 is 2.13 bits per heavy atom. The number of hydrogen-bond acceptors (Lipinski definition) is 5. The monoisotopic (exact) mass is 315 g/mol. The number of nitrogens with one attached hydrogen (secondary N) is 1. The molecule has 1 aliphatic rings. The van der Waals surface area contributed by atoms with Crippen molar-refractivity contribution in [3.63, 3.8) is 0 Å². The van der Waals surface area contributed by atoms with E-state index < -0.39 is 5.97 Å². The van der Waals surface area contributed by atoms with Gasteiger partial charge in [0.05, 0.1) is 11.1 Å². The van der Waals surface area contributed by atoms with E-state index in [2.05, 4.69) is 15.5 Å². The van der Waals surface area contributed by atoms with Crippen LogP contribution in [-0.2, 0) is 12.1 Å². The van der Waals surface area contributed by atoms with Crippen LogP contribution in [0.2, 0.25) is 0 Å². The number of aromatic carboxylic acids is 1. The Morgan fingerprint density at radius 3 is 2.78 bits per heavy atom. The van der Waals surface area contributed by atoms with Gasteiger partial charge >= 0.3 is 5.97 Å². The third-order valence-electron chi connectivity index (χ3n) is 4.47. The molecule has 0 spiro atoms. The molecule has 1 saturated carbocycles. The highest BCUT2D eigenvalue weighted by Gasteiger charge is 2.37. The maximum absolute atomic E-state index is 11.1.